The second kappa shape index (κ2) is 4.87. The minimum absolute atomic E-state index is 0.301. The molecule has 0 unspecified atom stereocenters. The van der Waals surface area contributed by atoms with E-state index in [-0.39, 0.29) is 0 Å². The van der Waals surface area contributed by atoms with E-state index in [9.17, 15) is 0 Å². The van der Waals surface area contributed by atoms with Crippen LogP contribution in [0.2, 0.25) is 0 Å². The highest BCUT2D eigenvalue weighted by atomic mass is 16.5. The zero-order chi connectivity index (χ0) is 10.4. The summed E-state index contributed by atoms with van der Waals surface area (Å²) in [6.45, 7) is 0. The van der Waals surface area contributed by atoms with Crippen LogP contribution in [0.25, 0.3) is 0 Å². The van der Waals surface area contributed by atoms with E-state index in [1.165, 1.54) is 7.11 Å². The van der Waals surface area contributed by atoms with Crippen LogP contribution in [0.1, 0.15) is 5.56 Å². The van der Waals surface area contributed by atoms with Crippen LogP contribution in [-0.4, -0.2) is 20.1 Å². The standard InChI is InChI=1S/C10H10N2O2/c1-13-9-5-3-8(4-6-9)10(14-2)12-7-11/h3-6H,1-2H3. The molecule has 0 N–H and O–H groups in total. The minimum Gasteiger partial charge on any atom is -0.497 e. The zero-order valence-electron chi connectivity index (χ0n) is 8.02. The highest BCUT2D eigenvalue weighted by Crippen LogP contribution is 2.12. The Morgan fingerprint density at radius 2 is 1.93 bits per heavy atom. The predicted octanol–water partition coefficient (Wildman–Crippen LogP) is 1.57. The first kappa shape index (κ1) is 10.1. The van der Waals surface area contributed by atoms with E-state index in [1.54, 1.807) is 37.6 Å². The van der Waals surface area contributed by atoms with Gasteiger partial charge in [0.05, 0.1) is 14.2 Å². The molecule has 1 rings (SSSR count). The highest BCUT2D eigenvalue weighted by Gasteiger charge is 2.02. The van der Waals surface area contributed by atoms with Crippen molar-refractivity contribution in [1.29, 1.82) is 5.26 Å². The second-order valence-electron chi connectivity index (χ2n) is 2.45. The maximum absolute atomic E-state index is 8.39. The summed E-state index contributed by atoms with van der Waals surface area (Å²) < 4.78 is 9.93. The van der Waals surface area contributed by atoms with Crippen molar-refractivity contribution in [2.45, 2.75) is 0 Å². The van der Waals surface area contributed by atoms with Crippen LogP contribution in [0, 0.1) is 11.5 Å². The molecule has 0 atom stereocenters. The molecule has 4 heteroatoms. The van der Waals surface area contributed by atoms with Crippen molar-refractivity contribution in [3.8, 4) is 11.9 Å². The van der Waals surface area contributed by atoms with Crippen LogP contribution in [-0.2, 0) is 4.74 Å². The zero-order valence-corrected chi connectivity index (χ0v) is 8.02. The van der Waals surface area contributed by atoms with Gasteiger partial charge >= 0.3 is 0 Å². The van der Waals surface area contributed by atoms with Crippen molar-refractivity contribution >= 4 is 5.90 Å². The molecule has 0 saturated heterocycles. The molecule has 0 amide bonds. The SMILES string of the molecule is COC(=NC#N)c1ccc(OC)cc1. The van der Waals surface area contributed by atoms with Crippen molar-refractivity contribution in [3.05, 3.63) is 29.8 Å². The maximum Gasteiger partial charge on any atom is 0.231 e. The van der Waals surface area contributed by atoms with Crippen molar-refractivity contribution in [2.24, 2.45) is 4.99 Å². The molecule has 0 aliphatic heterocycles. The summed E-state index contributed by atoms with van der Waals surface area (Å²) in [4.78, 5) is 3.53. The summed E-state index contributed by atoms with van der Waals surface area (Å²) in [5, 5.41) is 8.39. The third kappa shape index (κ3) is 2.23. The molecule has 0 aliphatic rings. The predicted molar refractivity (Wildman–Crippen MR) is 52.2 cm³/mol. The van der Waals surface area contributed by atoms with Crippen LogP contribution in [0.15, 0.2) is 29.3 Å². The van der Waals surface area contributed by atoms with Crippen molar-refractivity contribution in [2.75, 3.05) is 14.2 Å². The van der Waals surface area contributed by atoms with E-state index in [0.29, 0.717) is 5.90 Å². The average molecular weight is 190 g/mol. The Morgan fingerprint density at radius 1 is 1.29 bits per heavy atom. The Labute approximate surface area is 82.4 Å². The van der Waals surface area contributed by atoms with Crippen molar-refractivity contribution in [3.63, 3.8) is 0 Å². The minimum atomic E-state index is 0.301. The lowest BCUT2D eigenvalue weighted by molar-refractivity contribution is 0.404. The highest BCUT2D eigenvalue weighted by molar-refractivity contribution is 5.94. The second-order valence-corrected chi connectivity index (χ2v) is 2.45. The van der Waals surface area contributed by atoms with E-state index < -0.39 is 0 Å². The Hall–Kier alpha value is -2.02. The number of nitrogens with zero attached hydrogens (tertiary/aromatic N) is 2. The van der Waals surface area contributed by atoms with E-state index >= 15 is 0 Å². The van der Waals surface area contributed by atoms with Gasteiger partial charge in [-0.25, -0.2) is 0 Å². The average Bonchev–Trinajstić information content (AvgIpc) is 2.26. The van der Waals surface area contributed by atoms with Gasteiger partial charge in [-0.1, -0.05) is 0 Å². The van der Waals surface area contributed by atoms with E-state index in [2.05, 4.69) is 4.99 Å². The number of rotatable bonds is 2. The third-order valence-electron chi connectivity index (χ3n) is 1.68. The summed E-state index contributed by atoms with van der Waals surface area (Å²) in [6, 6.07) is 7.11. The molecule has 0 saturated carbocycles. The molecule has 1 aromatic rings. The van der Waals surface area contributed by atoms with Gasteiger partial charge in [0.15, 0.2) is 0 Å². The number of hydrogen-bond donors (Lipinski definition) is 0. The fourth-order valence-electron chi connectivity index (χ4n) is 1.01. The van der Waals surface area contributed by atoms with Gasteiger partial charge in [0.2, 0.25) is 12.1 Å². The molecular formula is C10H10N2O2. The lowest BCUT2D eigenvalue weighted by Gasteiger charge is -2.03. The van der Waals surface area contributed by atoms with E-state index in [1.807, 2.05) is 0 Å². The summed E-state index contributed by atoms with van der Waals surface area (Å²) in [6.07, 6.45) is 1.68. The van der Waals surface area contributed by atoms with Gasteiger partial charge in [-0.05, 0) is 24.3 Å². The molecule has 4 nitrogen and oxygen atoms in total. The first-order valence-electron chi connectivity index (χ1n) is 3.97. The van der Waals surface area contributed by atoms with Gasteiger partial charge in [0.25, 0.3) is 0 Å². The summed E-state index contributed by atoms with van der Waals surface area (Å²) in [7, 11) is 3.07. The number of methoxy groups -OCH3 is 2. The summed E-state index contributed by atoms with van der Waals surface area (Å²) >= 11 is 0. The molecule has 0 fully saturated rings. The number of ether oxygens (including phenoxy) is 2. The Balaban J connectivity index is 2.96. The van der Waals surface area contributed by atoms with Crippen LogP contribution in [0.4, 0.5) is 0 Å². The molecular weight excluding hydrogens is 180 g/mol. The number of aliphatic imine (C=N–C) groups is 1. The lowest BCUT2D eigenvalue weighted by atomic mass is 10.2. The van der Waals surface area contributed by atoms with Crippen LogP contribution >= 0.6 is 0 Å². The van der Waals surface area contributed by atoms with Gasteiger partial charge in [-0.2, -0.15) is 5.26 Å². The topological polar surface area (TPSA) is 54.6 Å². The Kier molecular flexibility index (Phi) is 3.50. The Bertz CT molecular complexity index is 363. The van der Waals surface area contributed by atoms with Crippen LogP contribution in [0.3, 0.4) is 0 Å². The fraction of sp³-hybridized carbons (Fsp3) is 0.200. The quantitative estimate of drug-likeness (QED) is 0.404. The van der Waals surface area contributed by atoms with E-state index in [4.69, 9.17) is 14.7 Å². The molecule has 14 heavy (non-hydrogen) atoms. The molecule has 0 radical (unpaired) electrons. The first-order valence-corrected chi connectivity index (χ1v) is 3.97. The van der Waals surface area contributed by atoms with Gasteiger partial charge in [-0.15, -0.1) is 4.99 Å². The smallest absolute Gasteiger partial charge is 0.231 e. The van der Waals surface area contributed by atoms with Crippen LogP contribution in [0.5, 0.6) is 5.75 Å². The molecule has 72 valence electrons. The fourth-order valence-corrected chi connectivity index (χ4v) is 1.01. The summed E-state index contributed by atoms with van der Waals surface area (Å²) in [5.41, 5.74) is 0.745. The first-order chi connectivity index (χ1) is 6.81. The molecule has 0 aliphatic carbocycles. The lowest BCUT2D eigenvalue weighted by Crippen LogP contribution is -2.02. The van der Waals surface area contributed by atoms with Gasteiger partial charge in [0, 0.05) is 5.56 Å². The van der Waals surface area contributed by atoms with Gasteiger partial charge in [0.1, 0.15) is 5.75 Å². The third-order valence-corrected chi connectivity index (χ3v) is 1.68. The molecule has 0 bridgehead atoms. The van der Waals surface area contributed by atoms with Crippen LogP contribution < -0.4 is 4.74 Å². The molecule has 0 aromatic heterocycles. The number of benzene rings is 1. The van der Waals surface area contributed by atoms with Gasteiger partial charge < -0.3 is 9.47 Å². The molecule has 0 heterocycles. The largest absolute Gasteiger partial charge is 0.497 e. The Morgan fingerprint density at radius 3 is 2.36 bits per heavy atom. The van der Waals surface area contributed by atoms with Gasteiger partial charge in [-0.3, -0.25) is 0 Å². The number of hydrogen-bond acceptors (Lipinski definition) is 4. The molecule has 0 spiro atoms. The maximum atomic E-state index is 8.39. The number of nitriles is 1. The van der Waals surface area contributed by atoms with Crippen molar-refractivity contribution in [1.82, 2.24) is 0 Å². The summed E-state index contributed by atoms with van der Waals surface area (Å²) in [5.74, 6) is 1.05. The monoisotopic (exact) mass is 190 g/mol. The van der Waals surface area contributed by atoms with Crippen molar-refractivity contribution < 1.29 is 9.47 Å². The normalized spacial score (nSPS) is 10.5. The van der Waals surface area contributed by atoms with E-state index in [0.717, 1.165) is 11.3 Å². The molecule has 1 aromatic carbocycles.